The van der Waals surface area contributed by atoms with Gasteiger partial charge in [-0.05, 0) is 49.7 Å². The minimum absolute atomic E-state index is 0.349. The van der Waals surface area contributed by atoms with Crippen molar-refractivity contribution in [2.24, 2.45) is 0 Å². The lowest BCUT2D eigenvalue weighted by atomic mass is 10.2. The highest BCUT2D eigenvalue weighted by atomic mass is 35.5. The van der Waals surface area contributed by atoms with E-state index in [9.17, 15) is 13.2 Å². The maximum atomic E-state index is 12.7. The van der Waals surface area contributed by atoms with Gasteiger partial charge in [-0.1, -0.05) is 17.7 Å². The number of sulfonamides is 1. The first-order valence-corrected chi connectivity index (χ1v) is 10.1. The number of benzene rings is 2. The van der Waals surface area contributed by atoms with Crippen LogP contribution >= 0.6 is 11.6 Å². The molecule has 0 radical (unpaired) electrons. The van der Waals surface area contributed by atoms with Crippen LogP contribution in [0.1, 0.15) is 12.5 Å². The van der Waals surface area contributed by atoms with E-state index in [1.807, 2.05) is 6.92 Å². The van der Waals surface area contributed by atoms with E-state index in [1.54, 1.807) is 42.5 Å². The van der Waals surface area contributed by atoms with Gasteiger partial charge in [-0.2, -0.15) is 0 Å². The Morgan fingerprint density at radius 1 is 1.23 bits per heavy atom. The molecule has 0 bridgehead atoms. The summed E-state index contributed by atoms with van der Waals surface area (Å²) in [6.07, 6.45) is 1.06. The fourth-order valence-corrected chi connectivity index (χ4v) is 3.95. The number of carbonyl (C=O) groups is 1. The summed E-state index contributed by atoms with van der Waals surface area (Å²) in [6, 6.07) is 10.6. The Balaban J connectivity index is 2.34. The largest absolute Gasteiger partial charge is 0.497 e. The van der Waals surface area contributed by atoms with Gasteiger partial charge in [-0.3, -0.25) is 9.10 Å². The Hall–Kier alpha value is -2.25. The van der Waals surface area contributed by atoms with Gasteiger partial charge >= 0.3 is 0 Å². The minimum Gasteiger partial charge on any atom is -0.497 e. The highest BCUT2D eigenvalue weighted by molar-refractivity contribution is 7.92. The second-order valence-corrected chi connectivity index (χ2v) is 8.18. The van der Waals surface area contributed by atoms with Gasteiger partial charge in [0.2, 0.25) is 15.9 Å². The summed E-state index contributed by atoms with van der Waals surface area (Å²) in [4.78, 5) is 12.7. The molecule has 0 saturated carbocycles. The van der Waals surface area contributed by atoms with Crippen molar-refractivity contribution in [1.29, 1.82) is 0 Å². The number of methoxy groups -OCH3 is 1. The molecule has 0 aliphatic rings. The van der Waals surface area contributed by atoms with E-state index in [4.69, 9.17) is 16.3 Å². The van der Waals surface area contributed by atoms with Crippen LogP contribution in [0.25, 0.3) is 0 Å². The quantitative estimate of drug-likeness (QED) is 0.811. The molecule has 1 atom stereocenters. The highest BCUT2D eigenvalue weighted by Gasteiger charge is 2.29. The summed E-state index contributed by atoms with van der Waals surface area (Å²) in [5.41, 5.74) is 1.71. The standard InChI is InChI=1S/C18H21ClN2O4S/c1-12-10-14(19)8-9-17(12)20-18(22)13(2)21(26(4,23)24)15-6-5-7-16(11-15)25-3/h5-11,13H,1-4H3,(H,20,22)/t13-/m1/s1. The number of hydrogen-bond donors (Lipinski definition) is 1. The van der Waals surface area contributed by atoms with Gasteiger partial charge in [0.1, 0.15) is 11.8 Å². The van der Waals surface area contributed by atoms with E-state index in [1.165, 1.54) is 14.0 Å². The molecule has 1 amide bonds. The smallest absolute Gasteiger partial charge is 0.248 e. The molecule has 2 aromatic carbocycles. The normalized spacial score (nSPS) is 12.3. The number of aryl methyl sites for hydroxylation is 1. The van der Waals surface area contributed by atoms with E-state index in [0.717, 1.165) is 16.1 Å². The third-order valence-corrected chi connectivity index (χ3v) is 5.32. The molecule has 2 rings (SSSR count). The van der Waals surface area contributed by atoms with Crippen LogP contribution < -0.4 is 14.4 Å². The van der Waals surface area contributed by atoms with Crippen molar-refractivity contribution in [3.8, 4) is 5.75 Å². The third kappa shape index (κ3) is 4.68. The summed E-state index contributed by atoms with van der Waals surface area (Å²) in [5.74, 6) is 0.0426. The zero-order valence-electron chi connectivity index (χ0n) is 15.0. The van der Waals surface area contributed by atoms with Crippen molar-refractivity contribution in [2.45, 2.75) is 19.9 Å². The van der Waals surface area contributed by atoms with Gasteiger partial charge in [-0.25, -0.2) is 8.42 Å². The fraction of sp³-hybridized carbons (Fsp3) is 0.278. The number of ether oxygens (including phenoxy) is 1. The molecule has 1 N–H and O–H groups in total. The monoisotopic (exact) mass is 396 g/mol. The van der Waals surface area contributed by atoms with E-state index >= 15 is 0 Å². The first kappa shape index (κ1) is 20.1. The van der Waals surface area contributed by atoms with Crippen molar-refractivity contribution in [1.82, 2.24) is 0 Å². The van der Waals surface area contributed by atoms with Crippen LogP contribution in [-0.4, -0.2) is 33.7 Å². The zero-order valence-corrected chi connectivity index (χ0v) is 16.6. The van der Waals surface area contributed by atoms with Gasteiger partial charge in [0.15, 0.2) is 0 Å². The number of nitrogens with zero attached hydrogens (tertiary/aromatic N) is 1. The minimum atomic E-state index is -3.70. The Morgan fingerprint density at radius 2 is 1.92 bits per heavy atom. The molecule has 0 aliphatic carbocycles. The maximum Gasteiger partial charge on any atom is 0.248 e. The van der Waals surface area contributed by atoms with Crippen LogP contribution in [0, 0.1) is 6.92 Å². The third-order valence-electron chi connectivity index (χ3n) is 3.84. The lowest BCUT2D eigenvalue weighted by Crippen LogP contribution is -2.45. The fourth-order valence-electron chi connectivity index (χ4n) is 2.56. The number of anilines is 2. The van der Waals surface area contributed by atoms with Crippen molar-refractivity contribution in [3.05, 3.63) is 53.1 Å². The number of hydrogen-bond acceptors (Lipinski definition) is 4. The number of halogens is 1. The van der Waals surface area contributed by atoms with Crippen LogP contribution in [0.4, 0.5) is 11.4 Å². The number of rotatable bonds is 6. The molecular weight excluding hydrogens is 376 g/mol. The average Bonchev–Trinajstić information content (AvgIpc) is 2.56. The van der Waals surface area contributed by atoms with E-state index < -0.39 is 22.0 Å². The van der Waals surface area contributed by atoms with Crippen LogP contribution in [0.15, 0.2) is 42.5 Å². The zero-order chi connectivity index (χ0) is 19.5. The first-order valence-electron chi connectivity index (χ1n) is 7.84. The lowest BCUT2D eigenvalue weighted by Gasteiger charge is -2.28. The number of nitrogens with one attached hydrogen (secondary N) is 1. The summed E-state index contributed by atoms with van der Waals surface area (Å²) in [6.45, 7) is 3.34. The van der Waals surface area contributed by atoms with Crippen LogP contribution in [0.5, 0.6) is 5.75 Å². The molecule has 0 heterocycles. The Bertz CT molecular complexity index is 915. The summed E-state index contributed by atoms with van der Waals surface area (Å²) >= 11 is 5.92. The van der Waals surface area contributed by atoms with Crippen molar-refractivity contribution >= 4 is 38.9 Å². The predicted octanol–water partition coefficient (Wildman–Crippen LogP) is 3.45. The Labute approximate surface area is 158 Å². The molecule has 2 aromatic rings. The topological polar surface area (TPSA) is 75.7 Å². The van der Waals surface area contributed by atoms with Crippen molar-refractivity contribution in [2.75, 3.05) is 23.0 Å². The van der Waals surface area contributed by atoms with Crippen LogP contribution in [0.3, 0.4) is 0 Å². The SMILES string of the molecule is COc1cccc(N([C@H](C)C(=O)Nc2ccc(Cl)cc2C)S(C)(=O)=O)c1. The molecule has 26 heavy (non-hydrogen) atoms. The molecule has 0 aromatic heterocycles. The number of carbonyl (C=O) groups excluding carboxylic acids is 1. The Kier molecular flexibility index (Phi) is 6.15. The molecule has 6 nitrogen and oxygen atoms in total. The molecule has 0 fully saturated rings. The van der Waals surface area contributed by atoms with Crippen LogP contribution in [-0.2, 0) is 14.8 Å². The molecule has 8 heteroatoms. The number of amides is 1. The molecule has 0 unspecified atom stereocenters. The van der Waals surface area contributed by atoms with Gasteiger partial charge in [0, 0.05) is 16.8 Å². The average molecular weight is 397 g/mol. The summed E-state index contributed by atoms with van der Waals surface area (Å²) < 4.78 is 30.9. The van der Waals surface area contributed by atoms with Crippen LogP contribution in [0.2, 0.25) is 5.02 Å². The second-order valence-electron chi connectivity index (χ2n) is 5.88. The first-order chi connectivity index (χ1) is 12.1. The maximum absolute atomic E-state index is 12.7. The van der Waals surface area contributed by atoms with E-state index in [2.05, 4.69) is 5.32 Å². The molecule has 0 aliphatic heterocycles. The predicted molar refractivity (Wildman–Crippen MR) is 105 cm³/mol. The summed E-state index contributed by atoms with van der Waals surface area (Å²) in [7, 11) is -2.21. The molecule has 0 saturated heterocycles. The van der Waals surface area contributed by atoms with Gasteiger partial charge < -0.3 is 10.1 Å². The highest BCUT2D eigenvalue weighted by Crippen LogP contribution is 2.26. The van der Waals surface area contributed by atoms with E-state index in [-0.39, 0.29) is 0 Å². The molecule has 140 valence electrons. The molecular formula is C18H21ClN2O4S. The van der Waals surface area contributed by atoms with Gasteiger partial charge in [0.25, 0.3) is 0 Å². The molecule has 0 spiro atoms. The van der Waals surface area contributed by atoms with Crippen molar-refractivity contribution in [3.63, 3.8) is 0 Å². The van der Waals surface area contributed by atoms with Gasteiger partial charge in [0.05, 0.1) is 19.1 Å². The second kappa shape index (κ2) is 7.97. The van der Waals surface area contributed by atoms with E-state index in [0.29, 0.717) is 22.1 Å². The Morgan fingerprint density at radius 3 is 2.50 bits per heavy atom. The van der Waals surface area contributed by atoms with Gasteiger partial charge in [-0.15, -0.1) is 0 Å². The van der Waals surface area contributed by atoms with Crippen molar-refractivity contribution < 1.29 is 17.9 Å². The summed E-state index contributed by atoms with van der Waals surface area (Å²) in [5, 5.41) is 3.31. The lowest BCUT2D eigenvalue weighted by molar-refractivity contribution is -0.116.